The molecule has 3 N–H and O–H groups in total. The van der Waals surface area contributed by atoms with Crippen molar-refractivity contribution in [3.8, 4) is 0 Å². The van der Waals surface area contributed by atoms with Gasteiger partial charge in [0.2, 0.25) is 0 Å². The van der Waals surface area contributed by atoms with Gasteiger partial charge in [-0.25, -0.2) is 9.97 Å². The summed E-state index contributed by atoms with van der Waals surface area (Å²) >= 11 is 0. The maximum Gasteiger partial charge on any atom is 0.136 e. The summed E-state index contributed by atoms with van der Waals surface area (Å²) in [6.07, 6.45) is 0. The van der Waals surface area contributed by atoms with Crippen LogP contribution in [0, 0.1) is 6.92 Å². The molecule has 5 heteroatoms. The van der Waals surface area contributed by atoms with E-state index in [0.717, 1.165) is 17.3 Å². The topological polar surface area (TPSA) is 67.1 Å². The molecule has 112 valence electrons. The molecule has 0 aliphatic heterocycles. The normalized spacial score (nSPS) is 10.8. The van der Waals surface area contributed by atoms with Gasteiger partial charge in [0, 0.05) is 37.5 Å². The number of hydrogen-bond acceptors (Lipinski definition) is 5. The third-order valence-electron chi connectivity index (χ3n) is 3.24. The summed E-state index contributed by atoms with van der Waals surface area (Å²) in [6.45, 7) is 6.20. The lowest BCUT2D eigenvalue weighted by molar-refractivity contribution is 0.779. The Morgan fingerprint density at radius 1 is 1.14 bits per heavy atom. The summed E-state index contributed by atoms with van der Waals surface area (Å²) < 4.78 is 0. The highest BCUT2D eigenvalue weighted by Crippen LogP contribution is 2.25. The van der Waals surface area contributed by atoms with Crippen LogP contribution in [0.3, 0.4) is 0 Å². The fraction of sp³-hybridized carbons (Fsp3) is 0.375. The maximum absolute atomic E-state index is 5.85. The van der Waals surface area contributed by atoms with Gasteiger partial charge in [-0.2, -0.15) is 0 Å². The Kier molecular flexibility index (Phi) is 4.31. The molecule has 2 aromatic rings. The van der Waals surface area contributed by atoms with Gasteiger partial charge in [-0.3, -0.25) is 0 Å². The van der Waals surface area contributed by atoms with Crippen LogP contribution in [0.5, 0.6) is 0 Å². The zero-order valence-electron chi connectivity index (χ0n) is 13.3. The van der Waals surface area contributed by atoms with Crippen molar-refractivity contribution in [2.75, 3.05) is 30.0 Å². The van der Waals surface area contributed by atoms with E-state index in [1.165, 1.54) is 11.3 Å². The fourth-order valence-electron chi connectivity index (χ4n) is 2.12. The first-order valence-electron chi connectivity index (χ1n) is 7.06. The van der Waals surface area contributed by atoms with Gasteiger partial charge < -0.3 is 16.0 Å². The highest BCUT2D eigenvalue weighted by Gasteiger charge is 2.08. The number of aryl methyl sites for hydroxylation is 1. The lowest BCUT2D eigenvalue weighted by atomic mass is 10.1. The predicted molar refractivity (Wildman–Crippen MR) is 89.3 cm³/mol. The third-order valence-corrected chi connectivity index (χ3v) is 3.24. The minimum Gasteiger partial charge on any atom is -0.384 e. The Morgan fingerprint density at radius 2 is 1.86 bits per heavy atom. The molecule has 21 heavy (non-hydrogen) atoms. The summed E-state index contributed by atoms with van der Waals surface area (Å²) in [6, 6.07) is 7.98. The van der Waals surface area contributed by atoms with Crippen LogP contribution in [0.4, 0.5) is 23.0 Å². The smallest absolute Gasteiger partial charge is 0.136 e. The van der Waals surface area contributed by atoms with Gasteiger partial charge in [0.1, 0.15) is 17.5 Å². The summed E-state index contributed by atoms with van der Waals surface area (Å²) in [5.41, 5.74) is 9.24. The first-order chi connectivity index (χ1) is 9.86. The number of benzene rings is 1. The van der Waals surface area contributed by atoms with E-state index in [9.17, 15) is 0 Å². The Morgan fingerprint density at radius 3 is 2.48 bits per heavy atom. The summed E-state index contributed by atoms with van der Waals surface area (Å²) in [7, 11) is 4.07. The van der Waals surface area contributed by atoms with Gasteiger partial charge in [0.25, 0.3) is 0 Å². The van der Waals surface area contributed by atoms with E-state index >= 15 is 0 Å². The number of hydrogen-bond donors (Lipinski definition) is 2. The van der Waals surface area contributed by atoms with Crippen LogP contribution in [-0.4, -0.2) is 24.1 Å². The third kappa shape index (κ3) is 3.62. The fourth-order valence-corrected chi connectivity index (χ4v) is 2.12. The van der Waals surface area contributed by atoms with Crippen molar-refractivity contribution in [2.45, 2.75) is 26.7 Å². The predicted octanol–water partition coefficient (Wildman–Crippen LogP) is 3.30. The highest BCUT2D eigenvalue weighted by molar-refractivity contribution is 5.66. The summed E-state index contributed by atoms with van der Waals surface area (Å²) in [5.74, 6) is 2.19. The number of rotatable bonds is 4. The number of nitrogens with two attached hydrogens (primary N) is 1. The average Bonchev–Trinajstić information content (AvgIpc) is 2.40. The minimum atomic E-state index is 0.240. The molecule has 0 bridgehead atoms. The molecular weight excluding hydrogens is 262 g/mol. The van der Waals surface area contributed by atoms with Gasteiger partial charge >= 0.3 is 0 Å². The Labute approximate surface area is 126 Å². The van der Waals surface area contributed by atoms with Crippen molar-refractivity contribution in [3.05, 3.63) is 35.7 Å². The zero-order chi connectivity index (χ0) is 15.6. The Balaban J connectivity index is 2.32. The average molecular weight is 285 g/mol. The summed E-state index contributed by atoms with van der Waals surface area (Å²) in [5, 5.41) is 3.30. The van der Waals surface area contributed by atoms with Crippen LogP contribution in [0.15, 0.2) is 24.3 Å². The molecule has 1 heterocycles. The molecule has 0 saturated carbocycles. The van der Waals surface area contributed by atoms with Crippen molar-refractivity contribution in [1.82, 2.24) is 9.97 Å². The molecule has 0 aliphatic rings. The Hall–Kier alpha value is -2.30. The second kappa shape index (κ2) is 5.99. The molecule has 2 rings (SSSR count). The zero-order valence-corrected chi connectivity index (χ0v) is 13.3. The summed E-state index contributed by atoms with van der Waals surface area (Å²) in [4.78, 5) is 10.9. The molecule has 0 unspecified atom stereocenters. The molecule has 0 saturated heterocycles. The second-order valence-electron chi connectivity index (χ2n) is 5.71. The van der Waals surface area contributed by atoms with Gasteiger partial charge in [0.15, 0.2) is 0 Å². The van der Waals surface area contributed by atoms with Gasteiger partial charge in [0.05, 0.1) is 0 Å². The largest absolute Gasteiger partial charge is 0.384 e. The van der Waals surface area contributed by atoms with Gasteiger partial charge in [-0.05, 0) is 24.6 Å². The number of nitrogens with one attached hydrogen (secondary N) is 1. The van der Waals surface area contributed by atoms with Gasteiger partial charge in [-0.15, -0.1) is 0 Å². The molecule has 0 atom stereocenters. The van der Waals surface area contributed by atoms with Crippen LogP contribution in [0.1, 0.15) is 31.2 Å². The number of anilines is 4. The molecule has 0 aliphatic carbocycles. The quantitative estimate of drug-likeness (QED) is 0.902. The standard InChI is InChI=1S/C16H23N5/c1-10(2)16-19-14(17)9-15(20-16)18-12-7-6-11(3)13(8-12)21(4)5/h6-10H,1-5H3,(H3,17,18,19,20). The van der Waals surface area contributed by atoms with Crippen molar-refractivity contribution in [3.63, 3.8) is 0 Å². The minimum absolute atomic E-state index is 0.240. The first kappa shape index (κ1) is 15.1. The Bertz CT molecular complexity index is 635. The van der Waals surface area contributed by atoms with Crippen LogP contribution >= 0.6 is 0 Å². The van der Waals surface area contributed by atoms with Gasteiger partial charge in [-0.1, -0.05) is 19.9 Å². The monoisotopic (exact) mass is 285 g/mol. The van der Waals surface area contributed by atoms with E-state index in [2.05, 4.69) is 53.1 Å². The van der Waals surface area contributed by atoms with E-state index in [1.54, 1.807) is 6.07 Å². The van der Waals surface area contributed by atoms with Crippen LogP contribution in [0.25, 0.3) is 0 Å². The van der Waals surface area contributed by atoms with E-state index in [4.69, 9.17) is 5.73 Å². The highest BCUT2D eigenvalue weighted by atomic mass is 15.1. The molecule has 1 aromatic carbocycles. The molecular formula is C16H23N5. The van der Waals surface area contributed by atoms with Crippen LogP contribution in [0.2, 0.25) is 0 Å². The van der Waals surface area contributed by atoms with Crippen molar-refractivity contribution >= 4 is 23.0 Å². The van der Waals surface area contributed by atoms with Crippen LogP contribution < -0.4 is 16.0 Å². The lowest BCUT2D eigenvalue weighted by Gasteiger charge is -2.17. The molecule has 1 aromatic heterocycles. The molecule has 0 spiro atoms. The first-order valence-corrected chi connectivity index (χ1v) is 7.06. The van der Waals surface area contributed by atoms with E-state index < -0.39 is 0 Å². The number of aromatic nitrogens is 2. The maximum atomic E-state index is 5.85. The van der Waals surface area contributed by atoms with E-state index in [-0.39, 0.29) is 5.92 Å². The molecule has 0 fully saturated rings. The van der Waals surface area contributed by atoms with E-state index in [1.807, 2.05) is 20.2 Å². The van der Waals surface area contributed by atoms with Crippen molar-refractivity contribution < 1.29 is 0 Å². The molecule has 5 nitrogen and oxygen atoms in total. The van der Waals surface area contributed by atoms with E-state index in [0.29, 0.717) is 5.82 Å². The lowest BCUT2D eigenvalue weighted by Crippen LogP contribution is -2.10. The second-order valence-corrected chi connectivity index (χ2v) is 5.71. The van der Waals surface area contributed by atoms with Crippen molar-refractivity contribution in [2.24, 2.45) is 0 Å². The van der Waals surface area contributed by atoms with Crippen molar-refractivity contribution in [1.29, 1.82) is 0 Å². The SMILES string of the molecule is Cc1ccc(Nc2cc(N)nc(C(C)C)n2)cc1N(C)C. The molecule has 0 amide bonds. The number of nitrogen functional groups attached to an aromatic ring is 1. The molecule has 0 radical (unpaired) electrons. The number of nitrogens with zero attached hydrogens (tertiary/aromatic N) is 3. The van der Waals surface area contributed by atoms with Crippen LogP contribution in [-0.2, 0) is 0 Å².